The summed E-state index contributed by atoms with van der Waals surface area (Å²) >= 11 is 1.09. The lowest BCUT2D eigenvalue weighted by Gasteiger charge is -2.23. The number of hydrogen-bond donors (Lipinski definition) is 0. The average molecular weight is 416 g/mol. The lowest BCUT2D eigenvalue weighted by atomic mass is 10.2. The van der Waals surface area contributed by atoms with Crippen LogP contribution in [0.3, 0.4) is 0 Å². The number of carbonyl (C=O) groups is 1. The molecule has 12 heteroatoms. The first-order chi connectivity index (χ1) is 13.4. The van der Waals surface area contributed by atoms with E-state index in [-0.39, 0.29) is 24.2 Å². The molecule has 152 valence electrons. The van der Waals surface area contributed by atoms with E-state index in [0.29, 0.717) is 23.0 Å². The van der Waals surface area contributed by atoms with E-state index in [2.05, 4.69) is 19.6 Å². The second kappa shape index (κ2) is 8.61. The van der Waals surface area contributed by atoms with Crippen LogP contribution < -0.4 is 15.2 Å². The summed E-state index contributed by atoms with van der Waals surface area (Å²) in [5.41, 5.74) is -0.276. The fourth-order valence-corrected chi connectivity index (χ4v) is 3.76. The third-order valence-electron chi connectivity index (χ3n) is 4.14. The molecule has 3 rings (SSSR count). The number of anilines is 1. The highest BCUT2D eigenvalue weighted by Crippen LogP contribution is 2.31. The maximum absolute atomic E-state index is 12.5. The second-order valence-electron chi connectivity index (χ2n) is 6.01. The van der Waals surface area contributed by atoms with Gasteiger partial charge in [-0.3, -0.25) is 4.79 Å². The summed E-state index contributed by atoms with van der Waals surface area (Å²) in [7, 11) is 2.76. The molecule has 0 unspecified atom stereocenters. The Labute approximate surface area is 162 Å². The number of carbonyl (C=O) groups excluding carboxylic acids is 1. The minimum absolute atomic E-state index is 0.231. The van der Waals surface area contributed by atoms with Crippen molar-refractivity contribution >= 4 is 22.4 Å². The van der Waals surface area contributed by atoms with Gasteiger partial charge in [-0.05, 0) is 0 Å². The highest BCUT2D eigenvalue weighted by Gasteiger charge is 2.36. The molecule has 0 aromatic carbocycles. The van der Waals surface area contributed by atoms with Crippen LogP contribution in [0.25, 0.3) is 0 Å². The monoisotopic (exact) mass is 416 g/mol. The maximum Gasteiger partial charge on any atom is 0.349 e. The number of methoxy groups -OCH3 is 1. The van der Waals surface area contributed by atoms with Gasteiger partial charge in [0.2, 0.25) is 5.88 Å². The molecule has 0 amide bonds. The Morgan fingerprint density at radius 1 is 1.43 bits per heavy atom. The number of ether oxygens (including phenoxy) is 3. The van der Waals surface area contributed by atoms with Gasteiger partial charge in [-0.1, -0.05) is 11.3 Å². The van der Waals surface area contributed by atoms with Crippen molar-refractivity contribution in [3.05, 3.63) is 33.6 Å². The summed E-state index contributed by atoms with van der Waals surface area (Å²) in [5.74, 6) is -0.276. The minimum atomic E-state index is -2.89. The smallest absolute Gasteiger partial charge is 0.349 e. The summed E-state index contributed by atoms with van der Waals surface area (Å²) < 4.78 is 41.1. The van der Waals surface area contributed by atoms with Crippen molar-refractivity contribution in [2.45, 2.75) is 25.2 Å². The molecular formula is C16H18F2N4O5S. The molecule has 0 aliphatic carbocycles. The fourth-order valence-electron chi connectivity index (χ4n) is 2.84. The largest absolute Gasteiger partial charge is 0.471 e. The van der Waals surface area contributed by atoms with Gasteiger partial charge in [0.25, 0.3) is 5.56 Å². The van der Waals surface area contributed by atoms with Gasteiger partial charge in [-0.15, -0.1) is 5.10 Å². The van der Waals surface area contributed by atoms with E-state index in [0.717, 1.165) is 16.0 Å². The van der Waals surface area contributed by atoms with E-state index in [4.69, 9.17) is 4.74 Å². The predicted molar refractivity (Wildman–Crippen MR) is 95.1 cm³/mol. The van der Waals surface area contributed by atoms with Crippen LogP contribution in [0.4, 0.5) is 13.9 Å². The summed E-state index contributed by atoms with van der Waals surface area (Å²) in [5, 5.41) is 4.48. The van der Waals surface area contributed by atoms with Gasteiger partial charge in [-0.25, -0.2) is 14.5 Å². The first kappa shape index (κ1) is 20.1. The standard InChI is InChI=1S/C16H18F2N4O5S/c1-21-13(23)4-3-12(20-21)27-10-5-9(8-26-15(17)18)22(7-10)16-19-6-11(28-16)14(24)25-2/h3-4,6,9-10,15H,5,7-8H2,1-2H3/t9-,10-/m0/s1. The van der Waals surface area contributed by atoms with Gasteiger partial charge in [-0.2, -0.15) is 8.78 Å². The predicted octanol–water partition coefficient (Wildman–Crippen LogP) is 1.29. The summed E-state index contributed by atoms with van der Waals surface area (Å²) in [6, 6.07) is 2.35. The topological polar surface area (TPSA) is 95.8 Å². The second-order valence-corrected chi connectivity index (χ2v) is 7.02. The zero-order valence-electron chi connectivity index (χ0n) is 15.1. The van der Waals surface area contributed by atoms with Crippen LogP contribution in [-0.4, -0.2) is 59.8 Å². The van der Waals surface area contributed by atoms with Crippen molar-refractivity contribution in [3.8, 4) is 5.88 Å². The SMILES string of the molecule is COC(=O)c1cnc(N2C[C@@H](Oc3ccc(=O)n(C)n3)C[C@H]2COC(F)F)s1. The number of alkyl halides is 2. The molecule has 0 spiro atoms. The van der Waals surface area contributed by atoms with Crippen molar-refractivity contribution in [3.63, 3.8) is 0 Å². The number of halogens is 2. The molecule has 1 aliphatic heterocycles. The van der Waals surface area contributed by atoms with E-state index in [1.54, 1.807) is 4.90 Å². The Morgan fingerprint density at radius 2 is 2.21 bits per heavy atom. The average Bonchev–Trinajstić information content (AvgIpc) is 3.29. The van der Waals surface area contributed by atoms with Gasteiger partial charge >= 0.3 is 12.6 Å². The van der Waals surface area contributed by atoms with E-state index >= 15 is 0 Å². The molecule has 1 fully saturated rings. The lowest BCUT2D eigenvalue weighted by Crippen LogP contribution is -2.34. The van der Waals surface area contributed by atoms with Crippen LogP contribution >= 0.6 is 11.3 Å². The van der Waals surface area contributed by atoms with Crippen molar-refractivity contribution in [2.75, 3.05) is 25.2 Å². The number of aromatic nitrogens is 3. The van der Waals surface area contributed by atoms with Gasteiger partial charge in [0.1, 0.15) is 11.0 Å². The molecule has 2 atom stereocenters. The Bertz CT molecular complexity index is 890. The maximum atomic E-state index is 12.5. The number of aryl methyl sites for hydroxylation is 1. The Balaban J connectivity index is 1.76. The quantitative estimate of drug-likeness (QED) is 0.623. The molecule has 9 nitrogen and oxygen atoms in total. The molecule has 0 saturated carbocycles. The number of nitrogens with zero attached hydrogens (tertiary/aromatic N) is 4. The van der Waals surface area contributed by atoms with Crippen LogP contribution in [0, 0.1) is 0 Å². The molecule has 2 aromatic rings. The van der Waals surface area contributed by atoms with Crippen LogP contribution in [0.15, 0.2) is 23.1 Å². The molecule has 0 radical (unpaired) electrons. The molecule has 0 bridgehead atoms. The minimum Gasteiger partial charge on any atom is -0.471 e. The number of esters is 1. The van der Waals surface area contributed by atoms with Gasteiger partial charge in [0.15, 0.2) is 5.13 Å². The molecule has 3 heterocycles. The van der Waals surface area contributed by atoms with Crippen molar-refractivity contribution in [2.24, 2.45) is 7.05 Å². The summed E-state index contributed by atoms with van der Waals surface area (Å²) in [4.78, 5) is 29.3. The Morgan fingerprint density at radius 3 is 2.89 bits per heavy atom. The molecule has 1 saturated heterocycles. The van der Waals surface area contributed by atoms with E-state index < -0.39 is 18.6 Å². The van der Waals surface area contributed by atoms with Gasteiger partial charge in [0.05, 0.1) is 32.5 Å². The van der Waals surface area contributed by atoms with Crippen LogP contribution in [0.1, 0.15) is 16.1 Å². The number of hydrogen-bond acceptors (Lipinski definition) is 9. The molecule has 28 heavy (non-hydrogen) atoms. The molecule has 1 aliphatic rings. The zero-order valence-corrected chi connectivity index (χ0v) is 15.9. The molecular weight excluding hydrogens is 398 g/mol. The lowest BCUT2D eigenvalue weighted by molar-refractivity contribution is -0.131. The first-order valence-electron chi connectivity index (χ1n) is 8.29. The van der Waals surface area contributed by atoms with Crippen molar-refractivity contribution in [1.29, 1.82) is 0 Å². The molecule has 0 N–H and O–H groups in total. The Hall–Kier alpha value is -2.60. The number of thiazole rings is 1. The normalized spacial score (nSPS) is 19.2. The van der Waals surface area contributed by atoms with E-state index in [1.165, 1.54) is 32.5 Å². The van der Waals surface area contributed by atoms with Crippen molar-refractivity contribution in [1.82, 2.24) is 14.8 Å². The van der Waals surface area contributed by atoms with Crippen LogP contribution in [0.5, 0.6) is 5.88 Å². The van der Waals surface area contributed by atoms with E-state index in [9.17, 15) is 18.4 Å². The summed E-state index contributed by atoms with van der Waals surface area (Å²) in [6.07, 6.45) is 1.37. The van der Waals surface area contributed by atoms with Crippen molar-refractivity contribution < 1.29 is 27.8 Å². The highest BCUT2D eigenvalue weighted by molar-refractivity contribution is 7.17. The van der Waals surface area contributed by atoms with Gasteiger partial charge < -0.3 is 19.1 Å². The fraction of sp³-hybridized carbons (Fsp3) is 0.500. The Kier molecular flexibility index (Phi) is 6.19. The first-order valence-corrected chi connectivity index (χ1v) is 9.10. The van der Waals surface area contributed by atoms with Crippen LogP contribution in [-0.2, 0) is 16.5 Å². The van der Waals surface area contributed by atoms with Crippen LogP contribution in [0.2, 0.25) is 0 Å². The zero-order chi connectivity index (χ0) is 20.3. The molecule has 2 aromatic heterocycles. The third-order valence-corrected chi connectivity index (χ3v) is 5.15. The summed E-state index contributed by atoms with van der Waals surface area (Å²) in [6.45, 7) is -2.80. The highest BCUT2D eigenvalue weighted by atomic mass is 32.1. The van der Waals surface area contributed by atoms with E-state index in [1.807, 2.05) is 0 Å². The number of rotatable bonds is 7. The van der Waals surface area contributed by atoms with Gasteiger partial charge in [0, 0.05) is 25.6 Å². The third kappa shape index (κ3) is 4.62.